The van der Waals surface area contributed by atoms with E-state index in [-0.39, 0.29) is 17.5 Å². The van der Waals surface area contributed by atoms with Crippen LogP contribution in [0.2, 0.25) is 0 Å². The van der Waals surface area contributed by atoms with Crippen molar-refractivity contribution in [3.05, 3.63) is 96.2 Å². The first-order chi connectivity index (χ1) is 18.5. The molecule has 1 aliphatic rings. The Hall–Kier alpha value is -4.21. The summed E-state index contributed by atoms with van der Waals surface area (Å²) >= 11 is 0. The maximum Gasteiger partial charge on any atom is 0.255 e. The van der Waals surface area contributed by atoms with Crippen molar-refractivity contribution >= 4 is 23.2 Å². The number of nitrogens with one attached hydrogen (secondary N) is 2. The van der Waals surface area contributed by atoms with E-state index in [9.17, 15) is 9.18 Å². The molecule has 0 bridgehead atoms. The fourth-order valence-electron chi connectivity index (χ4n) is 4.39. The summed E-state index contributed by atoms with van der Waals surface area (Å²) in [4.78, 5) is 30.4. The zero-order valence-electron chi connectivity index (χ0n) is 21.3. The highest BCUT2D eigenvalue weighted by Crippen LogP contribution is 2.24. The van der Waals surface area contributed by atoms with Crippen LogP contribution in [-0.2, 0) is 6.54 Å². The molecule has 0 spiro atoms. The standard InChI is InChI=1S/C29H30FN7O/c1-36-14-3-15-37(17-16-36)20-21-5-7-22(8-6-21)28(38)33-24-9-10-25(30)27(18-24)35-29-32-13-11-26(34-29)23-4-2-12-31-19-23/h2,4-13,18-19H,3,14-17,20H2,1H3,(H,33,38)(H,32,34,35). The Morgan fingerprint density at radius 2 is 1.87 bits per heavy atom. The van der Waals surface area contributed by atoms with Gasteiger partial charge in [-0.15, -0.1) is 0 Å². The van der Waals surface area contributed by atoms with Gasteiger partial charge in [-0.25, -0.2) is 14.4 Å². The molecule has 0 radical (unpaired) electrons. The molecular weight excluding hydrogens is 481 g/mol. The number of halogens is 1. The van der Waals surface area contributed by atoms with Gasteiger partial charge >= 0.3 is 0 Å². The molecule has 9 heteroatoms. The fourth-order valence-corrected chi connectivity index (χ4v) is 4.39. The van der Waals surface area contributed by atoms with Gasteiger partial charge in [0, 0.05) is 55.0 Å². The van der Waals surface area contributed by atoms with E-state index in [1.807, 2.05) is 36.4 Å². The van der Waals surface area contributed by atoms with Crippen LogP contribution in [0.15, 0.2) is 79.3 Å². The van der Waals surface area contributed by atoms with Crippen LogP contribution < -0.4 is 10.6 Å². The molecule has 194 valence electrons. The van der Waals surface area contributed by atoms with Crippen LogP contribution in [0.3, 0.4) is 0 Å². The van der Waals surface area contributed by atoms with Gasteiger partial charge in [-0.05, 0) is 80.7 Å². The first-order valence-electron chi connectivity index (χ1n) is 12.6. The summed E-state index contributed by atoms with van der Waals surface area (Å²) < 4.78 is 14.6. The van der Waals surface area contributed by atoms with Crippen molar-refractivity contribution in [2.45, 2.75) is 13.0 Å². The summed E-state index contributed by atoms with van der Waals surface area (Å²) in [7, 11) is 2.16. The van der Waals surface area contributed by atoms with E-state index in [4.69, 9.17) is 0 Å². The van der Waals surface area contributed by atoms with Crippen LogP contribution in [-0.4, -0.2) is 63.9 Å². The lowest BCUT2D eigenvalue weighted by Crippen LogP contribution is -2.28. The highest BCUT2D eigenvalue weighted by Gasteiger charge is 2.14. The Balaban J connectivity index is 1.23. The SMILES string of the molecule is CN1CCCN(Cc2ccc(C(=O)Nc3ccc(F)c(Nc4nccc(-c5cccnc5)n4)c3)cc2)CC1. The second-order valence-electron chi connectivity index (χ2n) is 9.41. The molecule has 2 aromatic carbocycles. The van der Waals surface area contributed by atoms with E-state index < -0.39 is 5.82 Å². The van der Waals surface area contributed by atoms with Gasteiger partial charge in [-0.1, -0.05) is 12.1 Å². The summed E-state index contributed by atoms with van der Waals surface area (Å²) in [6.45, 7) is 5.18. The number of likely N-dealkylation sites (N-methyl/N-ethyl adjacent to an activating group) is 1. The highest BCUT2D eigenvalue weighted by atomic mass is 19.1. The van der Waals surface area contributed by atoms with Crippen molar-refractivity contribution in [1.82, 2.24) is 24.8 Å². The van der Waals surface area contributed by atoms with E-state index in [2.05, 4.69) is 42.4 Å². The number of rotatable bonds is 7. The molecule has 0 unspecified atom stereocenters. The van der Waals surface area contributed by atoms with E-state index in [0.717, 1.165) is 44.7 Å². The average Bonchev–Trinajstić information content (AvgIpc) is 3.15. The summed E-state index contributed by atoms with van der Waals surface area (Å²) in [5.74, 6) is -0.511. The minimum Gasteiger partial charge on any atom is -0.322 e. The van der Waals surface area contributed by atoms with Crippen LogP contribution >= 0.6 is 0 Å². The molecule has 0 atom stereocenters. The second kappa shape index (κ2) is 11.9. The Labute approximate surface area is 221 Å². The van der Waals surface area contributed by atoms with Gasteiger partial charge in [0.2, 0.25) is 5.95 Å². The Bertz CT molecular complexity index is 1380. The summed E-state index contributed by atoms with van der Waals surface area (Å²) in [5, 5.41) is 5.76. The first kappa shape index (κ1) is 25.4. The van der Waals surface area contributed by atoms with E-state index in [1.165, 1.54) is 23.8 Å². The summed E-state index contributed by atoms with van der Waals surface area (Å²) in [5.41, 5.74) is 3.81. The molecule has 2 aromatic heterocycles. The summed E-state index contributed by atoms with van der Waals surface area (Å²) in [6.07, 6.45) is 6.13. The molecule has 0 aliphatic carbocycles. The third-order valence-corrected chi connectivity index (χ3v) is 6.52. The van der Waals surface area contributed by atoms with E-state index in [1.54, 1.807) is 24.7 Å². The van der Waals surface area contributed by atoms with Crippen LogP contribution in [0.4, 0.5) is 21.7 Å². The number of carbonyl (C=O) groups excluding carboxylic acids is 1. The van der Waals surface area contributed by atoms with Gasteiger partial charge < -0.3 is 15.5 Å². The molecule has 0 saturated carbocycles. The van der Waals surface area contributed by atoms with Crippen LogP contribution in [0.5, 0.6) is 0 Å². The zero-order chi connectivity index (χ0) is 26.3. The third-order valence-electron chi connectivity index (χ3n) is 6.52. The number of benzene rings is 2. The zero-order valence-corrected chi connectivity index (χ0v) is 21.3. The predicted octanol–water partition coefficient (Wildman–Crippen LogP) is 4.81. The smallest absolute Gasteiger partial charge is 0.255 e. The number of carbonyl (C=O) groups is 1. The molecule has 8 nitrogen and oxygen atoms in total. The van der Waals surface area contributed by atoms with Gasteiger partial charge in [0.05, 0.1) is 11.4 Å². The quantitative estimate of drug-likeness (QED) is 0.368. The number of anilines is 3. The van der Waals surface area contributed by atoms with E-state index in [0.29, 0.717) is 16.9 Å². The van der Waals surface area contributed by atoms with Gasteiger partial charge in [0.25, 0.3) is 5.91 Å². The minimum atomic E-state index is -0.484. The molecular formula is C29H30FN7O. The number of hydrogen-bond acceptors (Lipinski definition) is 7. The molecule has 1 amide bonds. The topological polar surface area (TPSA) is 86.3 Å². The number of nitrogens with zero attached hydrogens (tertiary/aromatic N) is 5. The molecule has 1 saturated heterocycles. The lowest BCUT2D eigenvalue weighted by atomic mass is 10.1. The van der Waals surface area contributed by atoms with Crippen LogP contribution in [0, 0.1) is 5.82 Å². The van der Waals surface area contributed by atoms with E-state index >= 15 is 0 Å². The maximum absolute atomic E-state index is 14.6. The summed E-state index contributed by atoms with van der Waals surface area (Å²) in [6, 6.07) is 17.5. The molecule has 1 aliphatic heterocycles. The molecule has 4 aromatic rings. The lowest BCUT2D eigenvalue weighted by Gasteiger charge is -2.20. The lowest BCUT2D eigenvalue weighted by molar-refractivity contribution is 0.102. The van der Waals surface area contributed by atoms with Crippen LogP contribution in [0.25, 0.3) is 11.3 Å². The molecule has 38 heavy (non-hydrogen) atoms. The Morgan fingerprint density at radius 1 is 1.00 bits per heavy atom. The van der Waals surface area contributed by atoms with Crippen molar-refractivity contribution in [1.29, 1.82) is 0 Å². The highest BCUT2D eigenvalue weighted by molar-refractivity contribution is 6.04. The van der Waals surface area contributed by atoms with Crippen LogP contribution in [0.1, 0.15) is 22.3 Å². The van der Waals surface area contributed by atoms with Gasteiger partial charge in [-0.3, -0.25) is 14.7 Å². The van der Waals surface area contributed by atoms with Crippen molar-refractivity contribution in [3.8, 4) is 11.3 Å². The monoisotopic (exact) mass is 511 g/mol. The first-order valence-corrected chi connectivity index (χ1v) is 12.6. The van der Waals surface area contributed by atoms with Gasteiger partial charge in [0.1, 0.15) is 5.82 Å². The Kier molecular flexibility index (Phi) is 7.96. The largest absolute Gasteiger partial charge is 0.322 e. The van der Waals surface area contributed by atoms with Gasteiger partial charge in [-0.2, -0.15) is 0 Å². The fraction of sp³-hybridized carbons (Fsp3) is 0.241. The molecule has 2 N–H and O–H groups in total. The van der Waals surface area contributed by atoms with Crippen molar-refractivity contribution in [2.24, 2.45) is 0 Å². The third kappa shape index (κ3) is 6.56. The number of pyridine rings is 1. The van der Waals surface area contributed by atoms with Crippen molar-refractivity contribution in [3.63, 3.8) is 0 Å². The van der Waals surface area contributed by atoms with Crippen molar-refractivity contribution < 1.29 is 9.18 Å². The Morgan fingerprint density at radius 3 is 2.68 bits per heavy atom. The van der Waals surface area contributed by atoms with Gasteiger partial charge in [0.15, 0.2) is 0 Å². The molecule has 1 fully saturated rings. The maximum atomic E-state index is 14.6. The molecule has 5 rings (SSSR count). The number of hydrogen-bond donors (Lipinski definition) is 2. The van der Waals surface area contributed by atoms with Crippen molar-refractivity contribution in [2.75, 3.05) is 43.9 Å². The normalized spacial score (nSPS) is 14.6. The average molecular weight is 512 g/mol. The minimum absolute atomic E-state index is 0.157. The molecule has 3 heterocycles. The number of aromatic nitrogens is 3. The second-order valence-corrected chi connectivity index (χ2v) is 9.41. The predicted molar refractivity (Wildman–Crippen MR) is 147 cm³/mol. The number of amides is 1.